The maximum absolute atomic E-state index is 12.0. The van der Waals surface area contributed by atoms with Gasteiger partial charge in [-0.1, -0.05) is 0 Å². The second kappa shape index (κ2) is 5.34. The molecule has 2 rings (SSSR count). The molecule has 0 unspecified atom stereocenters. The Morgan fingerprint density at radius 3 is 3.00 bits per heavy atom. The van der Waals surface area contributed by atoms with E-state index in [1.165, 1.54) is 11.3 Å². The summed E-state index contributed by atoms with van der Waals surface area (Å²) >= 11 is 1.30. The van der Waals surface area contributed by atoms with E-state index in [0.29, 0.717) is 30.3 Å². The molecule has 18 heavy (non-hydrogen) atoms. The fourth-order valence-corrected chi connectivity index (χ4v) is 2.64. The zero-order chi connectivity index (χ0) is 13.1. The van der Waals surface area contributed by atoms with Gasteiger partial charge in [0.15, 0.2) is 5.13 Å². The van der Waals surface area contributed by atoms with Crippen molar-refractivity contribution in [3.8, 4) is 0 Å². The summed E-state index contributed by atoms with van der Waals surface area (Å²) in [4.78, 5) is 28.6. The normalized spacial score (nSPS) is 19.8. The van der Waals surface area contributed by atoms with Crippen molar-refractivity contribution in [3.05, 3.63) is 11.1 Å². The van der Waals surface area contributed by atoms with Gasteiger partial charge in [0.1, 0.15) is 0 Å². The number of thiazole rings is 1. The van der Waals surface area contributed by atoms with E-state index in [9.17, 15) is 9.59 Å². The number of nitrogen functional groups attached to an aromatic ring is 1. The SMILES string of the molecule is Nc1nc(CC(=O)N2CCC[C@@H](C(=O)O)C2)cs1. The molecule has 1 aliphatic heterocycles. The molecule has 1 saturated heterocycles. The molecule has 0 saturated carbocycles. The predicted molar refractivity (Wildman–Crippen MR) is 67.2 cm³/mol. The van der Waals surface area contributed by atoms with Crippen molar-refractivity contribution in [2.24, 2.45) is 5.92 Å². The number of nitrogens with zero attached hydrogens (tertiary/aromatic N) is 2. The Balaban J connectivity index is 1.94. The molecule has 1 amide bonds. The zero-order valence-electron chi connectivity index (χ0n) is 9.83. The van der Waals surface area contributed by atoms with Crippen LogP contribution < -0.4 is 5.73 Å². The Kier molecular flexibility index (Phi) is 3.81. The predicted octanol–water partition coefficient (Wildman–Crippen LogP) is 0.591. The van der Waals surface area contributed by atoms with Crippen molar-refractivity contribution in [2.45, 2.75) is 19.3 Å². The smallest absolute Gasteiger partial charge is 0.308 e. The average molecular weight is 269 g/mol. The summed E-state index contributed by atoms with van der Waals surface area (Å²) in [5.41, 5.74) is 6.15. The summed E-state index contributed by atoms with van der Waals surface area (Å²) in [6.45, 7) is 0.927. The van der Waals surface area contributed by atoms with Gasteiger partial charge in [0.05, 0.1) is 18.0 Å². The summed E-state index contributed by atoms with van der Waals surface area (Å²) in [6.07, 6.45) is 1.57. The number of anilines is 1. The van der Waals surface area contributed by atoms with Crippen molar-refractivity contribution in [1.82, 2.24) is 9.88 Å². The maximum Gasteiger partial charge on any atom is 0.308 e. The minimum atomic E-state index is -0.828. The summed E-state index contributed by atoms with van der Waals surface area (Å²) < 4.78 is 0. The van der Waals surface area contributed by atoms with Crippen LogP contribution in [-0.2, 0) is 16.0 Å². The topological polar surface area (TPSA) is 96.5 Å². The lowest BCUT2D eigenvalue weighted by atomic mass is 9.98. The van der Waals surface area contributed by atoms with Gasteiger partial charge in [-0.2, -0.15) is 0 Å². The van der Waals surface area contributed by atoms with Crippen molar-refractivity contribution in [1.29, 1.82) is 0 Å². The second-order valence-corrected chi connectivity index (χ2v) is 5.26. The highest BCUT2D eigenvalue weighted by Gasteiger charge is 2.28. The van der Waals surface area contributed by atoms with E-state index in [1.54, 1.807) is 10.3 Å². The number of carboxylic acids is 1. The molecular weight excluding hydrogens is 254 g/mol. The summed E-state index contributed by atoms with van der Waals surface area (Å²) in [5, 5.41) is 11.2. The van der Waals surface area contributed by atoms with Crippen LogP contribution in [0.15, 0.2) is 5.38 Å². The molecule has 1 aromatic rings. The van der Waals surface area contributed by atoms with E-state index in [2.05, 4.69) is 4.98 Å². The van der Waals surface area contributed by atoms with Gasteiger partial charge in [-0.25, -0.2) is 4.98 Å². The lowest BCUT2D eigenvalue weighted by Crippen LogP contribution is -2.43. The molecule has 0 radical (unpaired) electrons. The molecule has 0 aliphatic carbocycles. The molecule has 1 aromatic heterocycles. The van der Waals surface area contributed by atoms with Gasteiger partial charge >= 0.3 is 5.97 Å². The highest BCUT2D eigenvalue weighted by atomic mass is 32.1. The second-order valence-electron chi connectivity index (χ2n) is 4.37. The lowest BCUT2D eigenvalue weighted by Gasteiger charge is -2.30. The van der Waals surface area contributed by atoms with Gasteiger partial charge in [-0.3, -0.25) is 9.59 Å². The zero-order valence-corrected chi connectivity index (χ0v) is 10.7. The fraction of sp³-hybridized carbons (Fsp3) is 0.545. The van der Waals surface area contributed by atoms with Crippen LogP contribution in [0, 0.1) is 5.92 Å². The molecule has 2 heterocycles. The number of nitrogens with two attached hydrogens (primary N) is 1. The molecule has 98 valence electrons. The first kappa shape index (κ1) is 12.8. The summed E-state index contributed by atoms with van der Waals surface area (Å²) in [6, 6.07) is 0. The number of aliphatic carboxylic acids is 1. The number of hydrogen-bond acceptors (Lipinski definition) is 5. The standard InChI is InChI=1S/C11H15N3O3S/c12-11-13-8(6-18-11)4-9(15)14-3-1-2-7(5-14)10(16)17/h6-7H,1-5H2,(H2,12,13)(H,16,17)/t7-/m1/s1. The molecule has 6 nitrogen and oxygen atoms in total. The molecule has 0 aromatic carbocycles. The fourth-order valence-electron chi connectivity index (χ4n) is 2.08. The van der Waals surface area contributed by atoms with Crippen LogP contribution in [0.1, 0.15) is 18.5 Å². The van der Waals surface area contributed by atoms with Gasteiger partial charge in [-0.05, 0) is 12.8 Å². The maximum atomic E-state index is 12.0. The first-order chi connectivity index (χ1) is 8.56. The van der Waals surface area contributed by atoms with Crippen molar-refractivity contribution in [2.75, 3.05) is 18.8 Å². The first-order valence-corrected chi connectivity index (χ1v) is 6.64. The van der Waals surface area contributed by atoms with Crippen molar-refractivity contribution >= 4 is 28.3 Å². The number of hydrogen-bond donors (Lipinski definition) is 2. The first-order valence-electron chi connectivity index (χ1n) is 5.76. The van der Waals surface area contributed by atoms with Crippen LogP contribution in [0.4, 0.5) is 5.13 Å². The number of carboxylic acid groups (broad SMARTS) is 1. The largest absolute Gasteiger partial charge is 0.481 e. The molecule has 1 atom stereocenters. The van der Waals surface area contributed by atoms with Crippen LogP contribution in [0.5, 0.6) is 0 Å². The summed E-state index contributed by atoms with van der Waals surface area (Å²) in [7, 11) is 0. The van der Waals surface area contributed by atoms with Crippen LogP contribution in [-0.4, -0.2) is 40.0 Å². The number of rotatable bonds is 3. The number of likely N-dealkylation sites (tertiary alicyclic amines) is 1. The molecular formula is C11H15N3O3S. The Morgan fingerprint density at radius 2 is 2.39 bits per heavy atom. The van der Waals surface area contributed by atoms with Crippen LogP contribution in [0.3, 0.4) is 0 Å². The van der Waals surface area contributed by atoms with Crippen molar-refractivity contribution in [3.63, 3.8) is 0 Å². The minimum absolute atomic E-state index is 0.0775. The number of piperidine rings is 1. The van der Waals surface area contributed by atoms with Gasteiger partial charge in [0.2, 0.25) is 5.91 Å². The van der Waals surface area contributed by atoms with Crippen LogP contribution >= 0.6 is 11.3 Å². The Labute approximate surface area is 108 Å². The van der Waals surface area contributed by atoms with Gasteiger partial charge in [0.25, 0.3) is 0 Å². The number of carbonyl (C=O) groups is 2. The van der Waals surface area contributed by atoms with E-state index < -0.39 is 11.9 Å². The van der Waals surface area contributed by atoms with E-state index in [-0.39, 0.29) is 12.3 Å². The van der Waals surface area contributed by atoms with Gasteiger partial charge in [-0.15, -0.1) is 11.3 Å². The van der Waals surface area contributed by atoms with E-state index >= 15 is 0 Å². The average Bonchev–Trinajstić information content (AvgIpc) is 2.75. The summed E-state index contributed by atoms with van der Waals surface area (Å²) in [5.74, 6) is -1.35. The molecule has 7 heteroatoms. The van der Waals surface area contributed by atoms with E-state index in [1.807, 2.05) is 0 Å². The third-order valence-corrected chi connectivity index (χ3v) is 3.75. The molecule has 1 fully saturated rings. The Morgan fingerprint density at radius 1 is 1.61 bits per heavy atom. The number of amides is 1. The van der Waals surface area contributed by atoms with Crippen LogP contribution in [0.25, 0.3) is 0 Å². The van der Waals surface area contributed by atoms with Crippen LogP contribution in [0.2, 0.25) is 0 Å². The van der Waals surface area contributed by atoms with E-state index in [0.717, 1.165) is 6.42 Å². The van der Waals surface area contributed by atoms with Gasteiger partial charge in [0, 0.05) is 18.5 Å². The van der Waals surface area contributed by atoms with Gasteiger partial charge < -0.3 is 15.7 Å². The third kappa shape index (κ3) is 2.98. The van der Waals surface area contributed by atoms with Crippen molar-refractivity contribution < 1.29 is 14.7 Å². The Bertz CT molecular complexity index is 460. The minimum Gasteiger partial charge on any atom is -0.481 e. The number of carbonyl (C=O) groups excluding carboxylic acids is 1. The lowest BCUT2D eigenvalue weighted by molar-refractivity contribution is -0.145. The number of aromatic nitrogens is 1. The highest BCUT2D eigenvalue weighted by molar-refractivity contribution is 7.13. The quantitative estimate of drug-likeness (QED) is 0.837. The molecule has 0 spiro atoms. The van der Waals surface area contributed by atoms with E-state index in [4.69, 9.17) is 10.8 Å². The molecule has 3 N–H and O–H groups in total. The molecule has 1 aliphatic rings. The Hall–Kier alpha value is -1.63. The highest BCUT2D eigenvalue weighted by Crippen LogP contribution is 2.18. The molecule has 0 bridgehead atoms. The monoisotopic (exact) mass is 269 g/mol. The third-order valence-electron chi connectivity index (χ3n) is 3.03.